The molecule has 8 heteroatoms. The van der Waals surface area contributed by atoms with E-state index in [0.29, 0.717) is 19.7 Å². The van der Waals surface area contributed by atoms with E-state index in [9.17, 15) is 4.79 Å². The van der Waals surface area contributed by atoms with Crippen LogP contribution in [-0.4, -0.2) is 49.6 Å². The predicted octanol–water partition coefficient (Wildman–Crippen LogP) is 5.00. The molecule has 0 aliphatic carbocycles. The number of fused-ring (bicyclic) bond motifs is 1. The van der Waals surface area contributed by atoms with E-state index < -0.39 is 0 Å². The summed E-state index contributed by atoms with van der Waals surface area (Å²) >= 11 is 0. The third kappa shape index (κ3) is 7.10. The third-order valence-electron chi connectivity index (χ3n) is 6.99. The number of aromatic nitrogens is 5. The van der Waals surface area contributed by atoms with Crippen LogP contribution in [0, 0.1) is 0 Å². The molecule has 0 aliphatic heterocycles. The van der Waals surface area contributed by atoms with Gasteiger partial charge in [-0.2, -0.15) is 0 Å². The van der Waals surface area contributed by atoms with Gasteiger partial charge in [0.25, 0.3) is 0 Å². The van der Waals surface area contributed by atoms with Crippen LogP contribution in [0.2, 0.25) is 0 Å². The zero-order valence-electron chi connectivity index (χ0n) is 22.3. The van der Waals surface area contributed by atoms with Crippen molar-refractivity contribution in [2.75, 3.05) is 13.6 Å². The van der Waals surface area contributed by atoms with E-state index in [0.717, 1.165) is 60.1 Å². The van der Waals surface area contributed by atoms with Gasteiger partial charge in [-0.1, -0.05) is 60.7 Å². The quantitative estimate of drug-likeness (QED) is 0.220. The lowest BCUT2D eigenvalue weighted by molar-refractivity contribution is -0.130. The molecule has 3 aromatic carbocycles. The summed E-state index contributed by atoms with van der Waals surface area (Å²) in [5.74, 6) is 1.72. The maximum absolute atomic E-state index is 13.2. The molecule has 0 unspecified atom stereocenters. The van der Waals surface area contributed by atoms with Crippen LogP contribution in [0.1, 0.15) is 35.4 Å². The lowest BCUT2D eigenvalue weighted by Gasteiger charge is -2.18. The predicted molar refractivity (Wildman–Crippen MR) is 151 cm³/mol. The van der Waals surface area contributed by atoms with E-state index in [4.69, 9.17) is 4.74 Å². The fraction of sp³-hybridized carbons (Fsp3) is 0.290. The summed E-state index contributed by atoms with van der Waals surface area (Å²) in [5, 5.41) is 15.2. The number of aromatic amines is 1. The highest BCUT2D eigenvalue weighted by atomic mass is 16.5. The van der Waals surface area contributed by atoms with Crippen LogP contribution in [0.15, 0.2) is 85.1 Å². The van der Waals surface area contributed by atoms with Crippen molar-refractivity contribution in [3.05, 3.63) is 108 Å². The number of carbonyl (C=O) groups excluding carboxylic acids is 1. The van der Waals surface area contributed by atoms with E-state index in [-0.39, 0.29) is 5.91 Å². The van der Waals surface area contributed by atoms with Gasteiger partial charge in [-0.3, -0.25) is 4.79 Å². The molecule has 1 N–H and O–H groups in total. The third-order valence-corrected chi connectivity index (χ3v) is 6.99. The number of nitrogens with zero attached hydrogens (tertiary/aromatic N) is 5. The molecule has 39 heavy (non-hydrogen) atoms. The van der Waals surface area contributed by atoms with E-state index in [1.807, 2.05) is 54.4 Å². The smallest absolute Gasteiger partial charge is 0.242 e. The number of hydrogen-bond donors (Lipinski definition) is 1. The lowest BCUT2D eigenvalue weighted by Crippen LogP contribution is -2.31. The van der Waals surface area contributed by atoms with Crippen LogP contribution in [0.25, 0.3) is 10.9 Å². The van der Waals surface area contributed by atoms with Gasteiger partial charge in [0, 0.05) is 37.1 Å². The Balaban J connectivity index is 1.29. The zero-order valence-corrected chi connectivity index (χ0v) is 22.3. The highest BCUT2D eigenvalue weighted by Crippen LogP contribution is 2.28. The minimum atomic E-state index is 0.0941. The first-order valence-electron chi connectivity index (χ1n) is 13.4. The summed E-state index contributed by atoms with van der Waals surface area (Å²) in [6.07, 6.45) is 6.62. The Hall–Kier alpha value is -4.46. The van der Waals surface area contributed by atoms with Crippen LogP contribution in [0.3, 0.4) is 0 Å². The summed E-state index contributed by atoms with van der Waals surface area (Å²) in [7, 11) is 1.88. The maximum atomic E-state index is 13.2. The topological polar surface area (TPSA) is 88.9 Å². The number of nitrogens with one attached hydrogen (secondary N) is 1. The standard InChI is InChI=1S/C31H34N6O2/c1-36(19-18-24-10-4-2-5-11-24)31(38)22-37-21-26(14-8-9-15-30-32-34-35-33-30)28-20-27(16-17-29(28)37)39-23-25-12-6-3-7-13-25/h2-7,10-13,16-17,20-21H,8-9,14-15,18-19,22-23H2,1H3,(H,32,33,34,35). The highest BCUT2D eigenvalue weighted by Gasteiger charge is 2.15. The first-order valence-corrected chi connectivity index (χ1v) is 13.4. The second-order valence-electron chi connectivity index (χ2n) is 9.84. The molecule has 0 radical (unpaired) electrons. The van der Waals surface area contributed by atoms with Crippen LogP contribution < -0.4 is 4.74 Å². The summed E-state index contributed by atoms with van der Waals surface area (Å²) in [5.41, 5.74) is 4.61. The molecule has 0 bridgehead atoms. The molecule has 0 saturated heterocycles. The molecule has 0 atom stereocenters. The number of H-pyrrole nitrogens is 1. The van der Waals surface area contributed by atoms with Gasteiger partial charge >= 0.3 is 0 Å². The molecule has 2 aromatic heterocycles. The number of amides is 1. The molecule has 8 nitrogen and oxygen atoms in total. The fourth-order valence-electron chi connectivity index (χ4n) is 4.74. The first-order chi connectivity index (χ1) is 19.2. The van der Waals surface area contributed by atoms with Crippen molar-refractivity contribution in [1.82, 2.24) is 30.1 Å². The van der Waals surface area contributed by atoms with Crippen LogP contribution in [0.4, 0.5) is 0 Å². The average Bonchev–Trinajstić information content (AvgIpc) is 3.62. The molecule has 1 amide bonds. The van der Waals surface area contributed by atoms with Gasteiger partial charge in [-0.05, 0) is 71.0 Å². The molecule has 200 valence electrons. The molecule has 0 fully saturated rings. The van der Waals surface area contributed by atoms with E-state index in [1.54, 1.807) is 0 Å². The van der Waals surface area contributed by atoms with Crippen molar-refractivity contribution in [3.63, 3.8) is 0 Å². The second-order valence-corrected chi connectivity index (χ2v) is 9.84. The van der Waals surface area contributed by atoms with Gasteiger partial charge in [0.15, 0.2) is 0 Å². The van der Waals surface area contributed by atoms with Gasteiger partial charge in [0.1, 0.15) is 24.7 Å². The molecule has 0 spiro atoms. The Bertz CT molecular complexity index is 1470. The highest BCUT2D eigenvalue weighted by molar-refractivity contribution is 5.87. The summed E-state index contributed by atoms with van der Waals surface area (Å²) < 4.78 is 8.20. The second kappa shape index (κ2) is 12.9. The van der Waals surface area contributed by atoms with Crippen molar-refractivity contribution in [2.24, 2.45) is 0 Å². The maximum Gasteiger partial charge on any atom is 0.242 e. The molecule has 5 rings (SSSR count). The Labute approximate surface area is 228 Å². The molecule has 0 aliphatic rings. The van der Waals surface area contributed by atoms with E-state index >= 15 is 0 Å². The van der Waals surface area contributed by atoms with E-state index in [2.05, 4.69) is 67.8 Å². The number of carbonyl (C=O) groups is 1. The van der Waals surface area contributed by atoms with Crippen LogP contribution >= 0.6 is 0 Å². The van der Waals surface area contributed by atoms with Crippen LogP contribution in [0.5, 0.6) is 5.75 Å². The van der Waals surface area contributed by atoms with Gasteiger partial charge < -0.3 is 14.2 Å². The normalized spacial score (nSPS) is 11.1. The summed E-state index contributed by atoms with van der Waals surface area (Å²) in [4.78, 5) is 15.0. The van der Waals surface area contributed by atoms with Gasteiger partial charge in [0.05, 0.1) is 0 Å². The Kier molecular flexibility index (Phi) is 8.63. The molecule has 5 aromatic rings. The Morgan fingerprint density at radius 3 is 2.41 bits per heavy atom. The Morgan fingerprint density at radius 2 is 1.67 bits per heavy atom. The number of hydrogen-bond acceptors (Lipinski definition) is 5. The van der Waals surface area contributed by atoms with Crippen molar-refractivity contribution in [3.8, 4) is 5.75 Å². The Morgan fingerprint density at radius 1 is 0.923 bits per heavy atom. The average molecular weight is 523 g/mol. The van der Waals surface area contributed by atoms with Crippen molar-refractivity contribution >= 4 is 16.8 Å². The number of ether oxygens (including phenoxy) is 1. The van der Waals surface area contributed by atoms with E-state index in [1.165, 1.54) is 11.1 Å². The van der Waals surface area contributed by atoms with Gasteiger partial charge in [-0.25, -0.2) is 5.10 Å². The van der Waals surface area contributed by atoms with Gasteiger partial charge in [0.2, 0.25) is 5.91 Å². The first kappa shape index (κ1) is 26.2. The summed E-state index contributed by atoms with van der Waals surface area (Å²) in [6, 6.07) is 26.6. The molecular weight excluding hydrogens is 488 g/mol. The number of unbranched alkanes of at least 4 members (excludes halogenated alkanes) is 1. The SMILES string of the molecule is CN(CCc1ccccc1)C(=O)Cn1cc(CCCCc2nnn[nH]2)c2cc(OCc3ccccc3)ccc21. The number of tetrazole rings is 1. The van der Waals surface area contributed by atoms with Gasteiger partial charge in [-0.15, -0.1) is 5.10 Å². The fourth-order valence-corrected chi connectivity index (χ4v) is 4.74. The molecule has 0 saturated carbocycles. The minimum absolute atomic E-state index is 0.0941. The molecule has 2 heterocycles. The van der Waals surface area contributed by atoms with Crippen molar-refractivity contribution in [2.45, 2.75) is 45.3 Å². The van der Waals surface area contributed by atoms with Crippen molar-refractivity contribution < 1.29 is 9.53 Å². The number of benzene rings is 3. The lowest BCUT2D eigenvalue weighted by atomic mass is 10.1. The number of likely N-dealkylation sites (N-methyl/N-ethyl adjacent to an activating group) is 1. The molecular formula is C31H34N6O2. The number of rotatable bonds is 13. The number of aryl methyl sites for hydroxylation is 2. The minimum Gasteiger partial charge on any atom is -0.489 e. The monoisotopic (exact) mass is 522 g/mol. The van der Waals surface area contributed by atoms with Crippen molar-refractivity contribution in [1.29, 1.82) is 0 Å². The summed E-state index contributed by atoms with van der Waals surface area (Å²) in [6.45, 7) is 1.50. The largest absolute Gasteiger partial charge is 0.489 e. The van der Waals surface area contributed by atoms with Crippen LogP contribution in [-0.2, 0) is 37.2 Å². The zero-order chi connectivity index (χ0) is 26.9.